The average Bonchev–Trinajstić information content (AvgIpc) is 2.99. The Morgan fingerprint density at radius 2 is 1.86 bits per heavy atom. The Hall–Kier alpha value is -0.560. The standard InChI is InChI=1S/C27H44O/c1-18(2)7-6-8-19(3)23-11-12-24-22-10-9-20-17-21(28)13-15-26(20,4)25(22)14-16-27(23,24)5/h10,14,18-21,23-24,28H,6-9,11-13,15-17H2,1-5H3/t19-,20?,21?,23-,24+,26+,27-/m1/s1. The molecule has 0 amide bonds. The topological polar surface area (TPSA) is 20.2 Å². The molecule has 7 atom stereocenters. The van der Waals surface area contributed by atoms with E-state index in [1.807, 2.05) is 0 Å². The van der Waals surface area contributed by atoms with Gasteiger partial charge in [-0.15, -0.1) is 0 Å². The molecule has 0 radical (unpaired) electrons. The van der Waals surface area contributed by atoms with Gasteiger partial charge in [-0.3, -0.25) is 0 Å². The van der Waals surface area contributed by atoms with Crippen LogP contribution < -0.4 is 0 Å². The zero-order valence-electron chi connectivity index (χ0n) is 19.1. The van der Waals surface area contributed by atoms with Gasteiger partial charge in [-0.1, -0.05) is 66.0 Å². The highest BCUT2D eigenvalue weighted by Gasteiger charge is 2.55. The fourth-order valence-corrected chi connectivity index (χ4v) is 7.85. The van der Waals surface area contributed by atoms with Crippen LogP contribution in [0.5, 0.6) is 0 Å². The van der Waals surface area contributed by atoms with E-state index >= 15 is 0 Å². The summed E-state index contributed by atoms with van der Waals surface area (Å²) in [5, 5.41) is 10.2. The summed E-state index contributed by atoms with van der Waals surface area (Å²) in [5.74, 6) is 4.04. The first-order valence-corrected chi connectivity index (χ1v) is 12.3. The van der Waals surface area contributed by atoms with Crippen molar-refractivity contribution in [2.75, 3.05) is 0 Å². The van der Waals surface area contributed by atoms with Gasteiger partial charge in [0.25, 0.3) is 0 Å². The molecule has 0 bridgehead atoms. The highest BCUT2D eigenvalue weighted by Crippen LogP contribution is 2.64. The molecule has 4 aliphatic carbocycles. The predicted molar refractivity (Wildman–Crippen MR) is 119 cm³/mol. The van der Waals surface area contributed by atoms with Gasteiger partial charge in [0, 0.05) is 0 Å². The summed E-state index contributed by atoms with van der Waals surface area (Å²) in [5.41, 5.74) is 4.24. The predicted octanol–water partition coefficient (Wildman–Crippen LogP) is 7.31. The van der Waals surface area contributed by atoms with E-state index in [4.69, 9.17) is 0 Å². The molecule has 0 aliphatic heterocycles. The third kappa shape index (κ3) is 3.34. The lowest BCUT2D eigenvalue weighted by Gasteiger charge is -2.53. The van der Waals surface area contributed by atoms with Crippen LogP contribution in [0, 0.1) is 40.4 Å². The number of allylic oxidation sites excluding steroid dienone is 4. The van der Waals surface area contributed by atoms with Crippen molar-refractivity contribution in [2.24, 2.45) is 40.4 Å². The van der Waals surface area contributed by atoms with E-state index in [0.717, 1.165) is 36.5 Å². The number of aliphatic hydroxyl groups excluding tert-OH is 1. The van der Waals surface area contributed by atoms with Crippen molar-refractivity contribution >= 4 is 0 Å². The summed E-state index contributed by atoms with van der Waals surface area (Å²) in [6, 6.07) is 0. The molecular formula is C27H44O. The van der Waals surface area contributed by atoms with Crippen molar-refractivity contribution in [2.45, 2.75) is 105 Å². The van der Waals surface area contributed by atoms with Crippen LogP contribution in [0.2, 0.25) is 0 Å². The molecule has 28 heavy (non-hydrogen) atoms. The summed E-state index contributed by atoms with van der Waals surface area (Å²) in [7, 11) is 0. The summed E-state index contributed by atoms with van der Waals surface area (Å²) in [4.78, 5) is 0. The van der Waals surface area contributed by atoms with Gasteiger partial charge in [0.2, 0.25) is 0 Å². The van der Waals surface area contributed by atoms with Crippen LogP contribution in [0.3, 0.4) is 0 Å². The van der Waals surface area contributed by atoms with Gasteiger partial charge in [0.1, 0.15) is 0 Å². The third-order valence-corrected chi connectivity index (χ3v) is 9.66. The Morgan fingerprint density at radius 3 is 2.61 bits per heavy atom. The maximum Gasteiger partial charge on any atom is 0.0543 e. The molecule has 1 N–H and O–H groups in total. The van der Waals surface area contributed by atoms with Gasteiger partial charge in [0.05, 0.1) is 6.10 Å². The average molecular weight is 385 g/mol. The van der Waals surface area contributed by atoms with Crippen LogP contribution in [0.1, 0.15) is 98.8 Å². The van der Waals surface area contributed by atoms with E-state index in [1.165, 1.54) is 51.4 Å². The zero-order valence-corrected chi connectivity index (χ0v) is 19.1. The maximum atomic E-state index is 10.2. The van der Waals surface area contributed by atoms with Crippen molar-refractivity contribution < 1.29 is 5.11 Å². The molecule has 0 aromatic carbocycles. The molecule has 158 valence electrons. The van der Waals surface area contributed by atoms with Crippen molar-refractivity contribution in [1.82, 2.24) is 0 Å². The quantitative estimate of drug-likeness (QED) is 0.527. The molecule has 2 unspecified atom stereocenters. The van der Waals surface area contributed by atoms with Crippen LogP contribution in [0.4, 0.5) is 0 Å². The molecule has 0 spiro atoms. The Kier molecular flexibility index (Phi) is 5.62. The molecule has 1 heteroatoms. The lowest BCUT2D eigenvalue weighted by atomic mass is 9.51. The van der Waals surface area contributed by atoms with E-state index < -0.39 is 0 Å². The minimum atomic E-state index is -0.0648. The van der Waals surface area contributed by atoms with Gasteiger partial charge in [-0.25, -0.2) is 0 Å². The van der Waals surface area contributed by atoms with E-state index in [9.17, 15) is 5.11 Å². The minimum absolute atomic E-state index is 0.0648. The first-order chi connectivity index (χ1) is 13.3. The summed E-state index contributed by atoms with van der Waals surface area (Å²) >= 11 is 0. The summed E-state index contributed by atoms with van der Waals surface area (Å²) in [6.45, 7) is 12.4. The highest BCUT2D eigenvalue weighted by molar-refractivity contribution is 5.46. The normalized spacial score (nSPS) is 43.7. The molecule has 0 aromatic heterocycles. The van der Waals surface area contributed by atoms with Crippen molar-refractivity contribution in [3.8, 4) is 0 Å². The zero-order chi connectivity index (χ0) is 20.1. The van der Waals surface area contributed by atoms with E-state index in [-0.39, 0.29) is 6.10 Å². The fraction of sp³-hybridized carbons (Fsp3) is 0.852. The summed E-state index contributed by atoms with van der Waals surface area (Å²) < 4.78 is 0. The van der Waals surface area contributed by atoms with Crippen LogP contribution in [-0.4, -0.2) is 11.2 Å². The maximum absolute atomic E-state index is 10.2. The van der Waals surface area contributed by atoms with Crippen molar-refractivity contribution in [1.29, 1.82) is 0 Å². The van der Waals surface area contributed by atoms with Crippen molar-refractivity contribution in [3.63, 3.8) is 0 Å². The summed E-state index contributed by atoms with van der Waals surface area (Å²) in [6.07, 6.45) is 17.9. The van der Waals surface area contributed by atoms with Gasteiger partial charge in [-0.2, -0.15) is 0 Å². The monoisotopic (exact) mass is 384 g/mol. The van der Waals surface area contributed by atoms with Gasteiger partial charge in [-0.05, 0) is 96.5 Å². The molecule has 0 aromatic rings. The Morgan fingerprint density at radius 1 is 1.07 bits per heavy atom. The molecular weight excluding hydrogens is 340 g/mol. The number of hydrogen-bond acceptors (Lipinski definition) is 1. The third-order valence-electron chi connectivity index (χ3n) is 9.66. The number of rotatable bonds is 5. The lowest BCUT2D eigenvalue weighted by molar-refractivity contribution is 0.0309. The van der Waals surface area contributed by atoms with Crippen molar-refractivity contribution in [3.05, 3.63) is 23.3 Å². The van der Waals surface area contributed by atoms with Crippen LogP contribution in [0.25, 0.3) is 0 Å². The largest absolute Gasteiger partial charge is 0.393 e. The Balaban J connectivity index is 1.54. The number of aliphatic hydroxyl groups is 1. The van der Waals surface area contributed by atoms with E-state index in [1.54, 1.807) is 11.1 Å². The van der Waals surface area contributed by atoms with Gasteiger partial charge in [0.15, 0.2) is 0 Å². The molecule has 1 nitrogen and oxygen atoms in total. The highest BCUT2D eigenvalue weighted by atomic mass is 16.3. The number of fused-ring (bicyclic) bond motifs is 5. The second-order valence-electron chi connectivity index (χ2n) is 11.8. The molecule has 0 heterocycles. The van der Waals surface area contributed by atoms with E-state index in [2.05, 4.69) is 46.8 Å². The minimum Gasteiger partial charge on any atom is -0.393 e. The second kappa shape index (κ2) is 7.60. The number of hydrogen-bond donors (Lipinski definition) is 1. The molecule has 4 rings (SSSR count). The first-order valence-electron chi connectivity index (χ1n) is 12.3. The lowest BCUT2D eigenvalue weighted by Crippen LogP contribution is -2.44. The van der Waals surface area contributed by atoms with E-state index in [0.29, 0.717) is 16.7 Å². The SMILES string of the molecule is CC(C)CCC[C@@H](C)[C@H]1CC[C@H]2C3=CCC4CC(O)CC[C@]4(C)C3=CC[C@]12C. The Bertz CT molecular complexity index is 643. The van der Waals surface area contributed by atoms with Crippen LogP contribution >= 0.6 is 0 Å². The molecule has 0 saturated heterocycles. The second-order valence-corrected chi connectivity index (χ2v) is 11.8. The van der Waals surface area contributed by atoms with Gasteiger partial charge >= 0.3 is 0 Å². The van der Waals surface area contributed by atoms with Crippen LogP contribution in [-0.2, 0) is 0 Å². The molecule has 4 aliphatic rings. The molecule has 2 saturated carbocycles. The van der Waals surface area contributed by atoms with Gasteiger partial charge < -0.3 is 5.11 Å². The first kappa shape index (κ1) is 20.7. The smallest absolute Gasteiger partial charge is 0.0543 e. The fourth-order valence-electron chi connectivity index (χ4n) is 7.85. The molecule has 2 fully saturated rings. The Labute approximate surface area is 174 Å². The van der Waals surface area contributed by atoms with Crippen LogP contribution in [0.15, 0.2) is 23.3 Å².